The third-order valence-electron chi connectivity index (χ3n) is 2.30. The number of anilines is 2. The third kappa shape index (κ3) is 3.05. The quantitative estimate of drug-likeness (QED) is 0.910. The van der Waals surface area contributed by atoms with Crippen LogP contribution in [0, 0.1) is 6.92 Å². The molecule has 2 aromatic heterocycles. The van der Waals surface area contributed by atoms with Gasteiger partial charge in [-0.25, -0.2) is 14.8 Å². The van der Waals surface area contributed by atoms with E-state index >= 15 is 0 Å². The summed E-state index contributed by atoms with van der Waals surface area (Å²) in [6, 6.07) is 2.04. The molecule has 0 saturated heterocycles. The van der Waals surface area contributed by atoms with Gasteiger partial charge in [-0.05, 0) is 19.1 Å². The number of rotatable bonds is 3. The summed E-state index contributed by atoms with van der Waals surface area (Å²) < 4.78 is 37.0. The number of nitrogens with zero attached hydrogens (tertiary/aromatic N) is 2. The minimum atomic E-state index is -4.49. The summed E-state index contributed by atoms with van der Waals surface area (Å²) in [5, 5.41) is 11.9. The van der Waals surface area contributed by atoms with Gasteiger partial charge in [-0.3, -0.25) is 0 Å². The average molecular weight is 303 g/mol. The number of aryl methyl sites for hydroxylation is 1. The van der Waals surface area contributed by atoms with Crippen molar-refractivity contribution in [3.63, 3.8) is 0 Å². The highest BCUT2D eigenvalue weighted by molar-refractivity contribution is 7.17. The smallest absolute Gasteiger partial charge is 0.433 e. The van der Waals surface area contributed by atoms with Crippen LogP contribution in [0.5, 0.6) is 0 Å². The molecule has 0 aromatic carbocycles. The fraction of sp³-hybridized carbons (Fsp3) is 0.182. The van der Waals surface area contributed by atoms with Crippen LogP contribution in [0.3, 0.4) is 0 Å². The van der Waals surface area contributed by atoms with Crippen LogP contribution in [-0.2, 0) is 6.18 Å². The van der Waals surface area contributed by atoms with Gasteiger partial charge in [0, 0.05) is 0 Å². The molecule has 0 bridgehead atoms. The molecule has 0 aliphatic rings. The lowest BCUT2D eigenvalue weighted by molar-refractivity contribution is -0.141. The SMILES string of the molecule is Cc1nc(Nc2ccc(C(F)(F)F)nc2)sc1C(=O)O. The lowest BCUT2D eigenvalue weighted by Gasteiger charge is -2.06. The number of carbonyl (C=O) groups is 1. The van der Waals surface area contributed by atoms with Gasteiger partial charge in [0.1, 0.15) is 10.6 Å². The summed E-state index contributed by atoms with van der Waals surface area (Å²) in [6.07, 6.45) is -3.48. The molecule has 20 heavy (non-hydrogen) atoms. The van der Waals surface area contributed by atoms with Crippen LogP contribution in [0.15, 0.2) is 18.3 Å². The predicted octanol–water partition coefficient (Wildman–Crippen LogP) is 3.31. The van der Waals surface area contributed by atoms with Crippen LogP contribution < -0.4 is 5.32 Å². The number of hydrogen-bond acceptors (Lipinski definition) is 5. The summed E-state index contributed by atoms with van der Waals surface area (Å²) in [5.41, 5.74) is -0.363. The van der Waals surface area contributed by atoms with Gasteiger partial charge in [-0.15, -0.1) is 0 Å². The molecule has 2 N–H and O–H groups in total. The van der Waals surface area contributed by atoms with Gasteiger partial charge in [-0.2, -0.15) is 13.2 Å². The van der Waals surface area contributed by atoms with E-state index in [0.717, 1.165) is 23.6 Å². The molecule has 0 unspecified atom stereocenters. The monoisotopic (exact) mass is 303 g/mol. The molecule has 0 radical (unpaired) electrons. The van der Waals surface area contributed by atoms with E-state index in [9.17, 15) is 18.0 Å². The molecule has 0 amide bonds. The van der Waals surface area contributed by atoms with Crippen LogP contribution in [0.1, 0.15) is 21.1 Å². The van der Waals surface area contributed by atoms with E-state index in [1.807, 2.05) is 0 Å². The van der Waals surface area contributed by atoms with Crippen LogP contribution in [0.25, 0.3) is 0 Å². The van der Waals surface area contributed by atoms with Crippen LogP contribution >= 0.6 is 11.3 Å². The lowest BCUT2D eigenvalue weighted by Crippen LogP contribution is -2.07. The topological polar surface area (TPSA) is 75.1 Å². The molecule has 0 atom stereocenters. The largest absolute Gasteiger partial charge is 0.477 e. The summed E-state index contributed by atoms with van der Waals surface area (Å²) in [4.78, 5) is 18.2. The fourth-order valence-corrected chi connectivity index (χ4v) is 2.23. The second-order valence-corrected chi connectivity index (χ2v) is 4.79. The van der Waals surface area contributed by atoms with Crippen molar-refractivity contribution in [3.8, 4) is 0 Å². The fourth-order valence-electron chi connectivity index (χ4n) is 1.41. The Morgan fingerprint density at radius 3 is 2.55 bits per heavy atom. The number of carboxylic acid groups (broad SMARTS) is 1. The van der Waals surface area contributed by atoms with Gasteiger partial charge < -0.3 is 10.4 Å². The lowest BCUT2D eigenvalue weighted by atomic mass is 10.3. The maximum atomic E-state index is 12.3. The minimum Gasteiger partial charge on any atom is -0.477 e. The van der Waals surface area contributed by atoms with Gasteiger partial charge in [-0.1, -0.05) is 11.3 Å². The first kappa shape index (κ1) is 14.3. The summed E-state index contributed by atoms with van der Waals surface area (Å²) >= 11 is 0.900. The molecule has 0 fully saturated rings. The minimum absolute atomic E-state index is 0.0763. The normalized spacial score (nSPS) is 11.4. The maximum absolute atomic E-state index is 12.3. The molecular formula is C11H8F3N3O2S. The molecular weight excluding hydrogens is 295 g/mol. The Morgan fingerprint density at radius 2 is 2.10 bits per heavy atom. The number of nitrogens with one attached hydrogen (secondary N) is 1. The standard InChI is InChI=1S/C11H8F3N3O2S/c1-5-8(9(18)19)20-10(16-5)17-6-2-3-7(15-4-6)11(12,13)14/h2-4H,1H3,(H,16,17)(H,18,19). The van der Waals surface area contributed by atoms with Crippen molar-refractivity contribution in [1.82, 2.24) is 9.97 Å². The second kappa shape index (κ2) is 5.08. The van der Waals surface area contributed by atoms with E-state index in [2.05, 4.69) is 15.3 Å². The molecule has 2 rings (SSSR count). The van der Waals surface area contributed by atoms with E-state index in [0.29, 0.717) is 11.4 Å². The van der Waals surface area contributed by atoms with Crippen molar-refractivity contribution in [2.45, 2.75) is 13.1 Å². The third-order valence-corrected chi connectivity index (χ3v) is 3.36. The Balaban J connectivity index is 2.18. The predicted molar refractivity (Wildman–Crippen MR) is 66.3 cm³/mol. The van der Waals surface area contributed by atoms with E-state index in [1.165, 1.54) is 13.0 Å². The Bertz CT molecular complexity index is 637. The highest BCUT2D eigenvalue weighted by Gasteiger charge is 2.32. The highest BCUT2D eigenvalue weighted by Crippen LogP contribution is 2.29. The van der Waals surface area contributed by atoms with E-state index in [1.54, 1.807) is 0 Å². The zero-order chi connectivity index (χ0) is 14.9. The number of pyridine rings is 1. The number of hydrogen-bond donors (Lipinski definition) is 2. The van der Waals surface area contributed by atoms with Crippen LogP contribution in [0.2, 0.25) is 0 Å². The number of halogens is 3. The first-order chi connectivity index (χ1) is 9.27. The summed E-state index contributed by atoms with van der Waals surface area (Å²) in [5.74, 6) is -1.10. The Labute approximate surface area is 115 Å². The number of alkyl halides is 3. The molecule has 5 nitrogen and oxygen atoms in total. The van der Waals surface area contributed by atoms with Crippen LogP contribution in [-0.4, -0.2) is 21.0 Å². The Hall–Kier alpha value is -2.16. The van der Waals surface area contributed by atoms with E-state index in [4.69, 9.17) is 5.11 Å². The molecule has 0 aliphatic carbocycles. The van der Waals surface area contributed by atoms with Crippen molar-refractivity contribution < 1.29 is 23.1 Å². The first-order valence-corrected chi connectivity index (χ1v) is 6.10. The highest BCUT2D eigenvalue weighted by atomic mass is 32.1. The van der Waals surface area contributed by atoms with Crippen molar-refractivity contribution in [1.29, 1.82) is 0 Å². The van der Waals surface area contributed by atoms with Crippen molar-refractivity contribution in [3.05, 3.63) is 34.6 Å². The Morgan fingerprint density at radius 1 is 1.40 bits per heavy atom. The van der Waals surface area contributed by atoms with Gasteiger partial charge >= 0.3 is 12.1 Å². The van der Waals surface area contributed by atoms with Gasteiger partial charge in [0.05, 0.1) is 17.6 Å². The molecule has 106 valence electrons. The number of carboxylic acids is 1. The first-order valence-electron chi connectivity index (χ1n) is 5.28. The molecule has 0 saturated carbocycles. The van der Waals surface area contributed by atoms with Crippen molar-refractivity contribution >= 4 is 28.1 Å². The zero-order valence-corrected chi connectivity index (χ0v) is 10.8. The second-order valence-electron chi connectivity index (χ2n) is 3.79. The van der Waals surface area contributed by atoms with Crippen molar-refractivity contribution in [2.24, 2.45) is 0 Å². The van der Waals surface area contributed by atoms with Crippen LogP contribution in [0.4, 0.5) is 24.0 Å². The Kier molecular flexibility index (Phi) is 3.62. The molecule has 0 aliphatic heterocycles. The van der Waals surface area contributed by atoms with Gasteiger partial charge in [0.15, 0.2) is 5.13 Å². The van der Waals surface area contributed by atoms with Gasteiger partial charge in [0.25, 0.3) is 0 Å². The molecule has 2 heterocycles. The number of thiazole rings is 1. The van der Waals surface area contributed by atoms with Gasteiger partial charge in [0.2, 0.25) is 0 Å². The molecule has 0 spiro atoms. The number of aromatic nitrogens is 2. The van der Waals surface area contributed by atoms with E-state index in [-0.39, 0.29) is 10.0 Å². The number of aromatic carboxylic acids is 1. The summed E-state index contributed by atoms with van der Waals surface area (Å²) in [7, 11) is 0. The van der Waals surface area contributed by atoms with Crippen molar-refractivity contribution in [2.75, 3.05) is 5.32 Å². The molecule has 2 aromatic rings. The average Bonchev–Trinajstić information content (AvgIpc) is 2.70. The molecule has 9 heteroatoms. The zero-order valence-electron chi connectivity index (χ0n) is 10.0. The van der Waals surface area contributed by atoms with E-state index < -0.39 is 17.8 Å². The summed E-state index contributed by atoms with van der Waals surface area (Å²) in [6.45, 7) is 1.54. The maximum Gasteiger partial charge on any atom is 0.433 e.